The van der Waals surface area contributed by atoms with E-state index in [0.29, 0.717) is 17.0 Å². The van der Waals surface area contributed by atoms with E-state index in [0.717, 1.165) is 4.31 Å². The Bertz CT molecular complexity index is 1220. The number of methoxy groups -OCH3 is 2. The number of nitrogens with one attached hydrogen (secondary N) is 1. The number of amides is 1. The summed E-state index contributed by atoms with van der Waals surface area (Å²) < 4.78 is 51.9. The number of anilines is 2. The zero-order chi connectivity index (χ0) is 23.3. The van der Waals surface area contributed by atoms with Crippen LogP contribution in [-0.2, 0) is 14.8 Å². The number of sulfonamides is 1. The Morgan fingerprint density at radius 1 is 1.00 bits per heavy atom. The van der Waals surface area contributed by atoms with Gasteiger partial charge in [0.2, 0.25) is 5.91 Å². The number of aryl methyl sites for hydroxylation is 1. The first-order valence-electron chi connectivity index (χ1n) is 9.62. The molecule has 3 aromatic carbocycles. The molecule has 0 spiro atoms. The van der Waals surface area contributed by atoms with Crippen LogP contribution >= 0.6 is 0 Å². The van der Waals surface area contributed by atoms with Crippen molar-refractivity contribution in [2.75, 3.05) is 30.4 Å². The lowest BCUT2D eigenvalue weighted by Gasteiger charge is -2.26. The highest BCUT2D eigenvalue weighted by atomic mass is 32.2. The van der Waals surface area contributed by atoms with Crippen molar-refractivity contribution in [1.29, 1.82) is 0 Å². The highest BCUT2D eigenvalue weighted by molar-refractivity contribution is 7.92. The van der Waals surface area contributed by atoms with Gasteiger partial charge in [-0.2, -0.15) is 0 Å². The molecule has 0 unspecified atom stereocenters. The number of carbonyl (C=O) groups excluding carboxylic acids is 1. The fraction of sp³-hybridized carbons (Fsp3) is 0.174. The summed E-state index contributed by atoms with van der Waals surface area (Å²) in [7, 11) is -1.29. The molecule has 168 valence electrons. The lowest BCUT2D eigenvalue weighted by molar-refractivity contribution is -0.114. The van der Waals surface area contributed by atoms with Crippen LogP contribution in [0.3, 0.4) is 0 Å². The fourth-order valence-corrected chi connectivity index (χ4v) is 4.54. The minimum absolute atomic E-state index is 0.00985. The van der Waals surface area contributed by atoms with Gasteiger partial charge in [0.25, 0.3) is 10.0 Å². The van der Waals surface area contributed by atoms with Gasteiger partial charge in [-0.25, -0.2) is 12.8 Å². The molecular weight excluding hydrogens is 435 g/mol. The van der Waals surface area contributed by atoms with E-state index < -0.39 is 28.3 Å². The largest absolute Gasteiger partial charge is 0.497 e. The Hall–Kier alpha value is -3.59. The maximum atomic E-state index is 13.5. The molecule has 0 bridgehead atoms. The molecule has 0 atom stereocenters. The number of benzene rings is 3. The van der Waals surface area contributed by atoms with E-state index in [9.17, 15) is 17.6 Å². The predicted molar refractivity (Wildman–Crippen MR) is 120 cm³/mol. The second kappa shape index (κ2) is 9.69. The van der Waals surface area contributed by atoms with Crippen LogP contribution in [-0.4, -0.2) is 35.1 Å². The van der Waals surface area contributed by atoms with Crippen LogP contribution < -0.4 is 19.1 Å². The molecule has 9 heteroatoms. The number of hydrogen-bond acceptors (Lipinski definition) is 5. The first kappa shape index (κ1) is 23.1. The summed E-state index contributed by atoms with van der Waals surface area (Å²) in [5.74, 6) is -0.404. The van der Waals surface area contributed by atoms with E-state index in [1.165, 1.54) is 50.6 Å². The topological polar surface area (TPSA) is 84.9 Å². The third kappa shape index (κ3) is 5.00. The van der Waals surface area contributed by atoms with E-state index >= 15 is 0 Å². The second-order valence-corrected chi connectivity index (χ2v) is 8.73. The van der Waals surface area contributed by atoms with Crippen molar-refractivity contribution in [2.45, 2.75) is 11.8 Å². The van der Waals surface area contributed by atoms with E-state index in [4.69, 9.17) is 9.47 Å². The zero-order valence-electron chi connectivity index (χ0n) is 17.8. The zero-order valence-corrected chi connectivity index (χ0v) is 18.6. The van der Waals surface area contributed by atoms with E-state index in [1.807, 2.05) is 0 Å². The Labute approximate surface area is 186 Å². The van der Waals surface area contributed by atoms with Crippen LogP contribution in [0.25, 0.3) is 0 Å². The van der Waals surface area contributed by atoms with E-state index in [2.05, 4.69) is 5.32 Å². The van der Waals surface area contributed by atoms with Gasteiger partial charge in [0, 0.05) is 11.8 Å². The number of rotatable bonds is 8. The van der Waals surface area contributed by atoms with Crippen molar-refractivity contribution in [1.82, 2.24) is 0 Å². The average molecular weight is 459 g/mol. The van der Waals surface area contributed by atoms with Gasteiger partial charge in [-0.3, -0.25) is 9.10 Å². The predicted octanol–water partition coefficient (Wildman–Crippen LogP) is 3.99. The summed E-state index contributed by atoms with van der Waals surface area (Å²) in [5.41, 5.74) is 1.03. The molecule has 3 rings (SSSR count). The number of nitrogens with zero attached hydrogens (tertiary/aromatic N) is 1. The van der Waals surface area contributed by atoms with Crippen LogP contribution in [0.15, 0.2) is 71.6 Å². The Morgan fingerprint density at radius 3 is 2.34 bits per heavy atom. The lowest BCUT2D eigenvalue weighted by atomic mass is 10.2. The summed E-state index contributed by atoms with van der Waals surface area (Å²) in [6.07, 6.45) is 0. The van der Waals surface area contributed by atoms with Gasteiger partial charge in [0.05, 0.1) is 24.8 Å². The van der Waals surface area contributed by atoms with Crippen LogP contribution in [0.1, 0.15) is 5.56 Å². The summed E-state index contributed by atoms with van der Waals surface area (Å²) in [6, 6.07) is 16.3. The molecule has 0 aliphatic carbocycles. The van der Waals surface area contributed by atoms with Gasteiger partial charge in [-0.05, 0) is 55.0 Å². The molecular formula is C23H23FN2O5S. The summed E-state index contributed by atoms with van der Waals surface area (Å²) in [4.78, 5) is 12.9. The van der Waals surface area contributed by atoms with Crippen LogP contribution in [0.2, 0.25) is 0 Å². The molecule has 0 aromatic heterocycles. The van der Waals surface area contributed by atoms with Gasteiger partial charge in [-0.1, -0.05) is 18.2 Å². The van der Waals surface area contributed by atoms with Crippen molar-refractivity contribution in [2.24, 2.45) is 0 Å². The van der Waals surface area contributed by atoms with Crippen molar-refractivity contribution >= 4 is 27.3 Å². The standard InChI is InChI=1S/C23H23FN2O5S/c1-16-13-17(24)9-11-20(16)25-23(27)15-26(32(28,29)19-7-5-4-6-8-19)21-14-18(30-2)10-12-22(21)31-3/h4-14H,15H2,1-3H3,(H,25,27). The van der Waals surface area contributed by atoms with Crippen LogP contribution in [0, 0.1) is 12.7 Å². The van der Waals surface area contributed by atoms with Gasteiger partial charge in [0.1, 0.15) is 23.9 Å². The van der Waals surface area contributed by atoms with E-state index in [-0.39, 0.29) is 16.3 Å². The molecule has 0 heterocycles. The highest BCUT2D eigenvalue weighted by Crippen LogP contribution is 2.35. The monoisotopic (exact) mass is 458 g/mol. The fourth-order valence-electron chi connectivity index (χ4n) is 3.10. The Balaban J connectivity index is 2.04. The molecule has 32 heavy (non-hydrogen) atoms. The summed E-state index contributed by atoms with van der Waals surface area (Å²) in [5, 5.41) is 2.64. The third-order valence-corrected chi connectivity index (χ3v) is 6.51. The first-order chi connectivity index (χ1) is 15.3. The number of halogens is 1. The van der Waals surface area contributed by atoms with E-state index in [1.54, 1.807) is 37.3 Å². The van der Waals surface area contributed by atoms with Gasteiger partial charge < -0.3 is 14.8 Å². The molecule has 0 radical (unpaired) electrons. The van der Waals surface area contributed by atoms with Crippen molar-refractivity contribution < 1.29 is 27.1 Å². The van der Waals surface area contributed by atoms with Crippen LogP contribution in [0.5, 0.6) is 11.5 Å². The maximum absolute atomic E-state index is 13.5. The lowest BCUT2D eigenvalue weighted by Crippen LogP contribution is -2.38. The first-order valence-corrected chi connectivity index (χ1v) is 11.1. The minimum Gasteiger partial charge on any atom is -0.497 e. The smallest absolute Gasteiger partial charge is 0.264 e. The molecule has 0 saturated heterocycles. The Kier molecular flexibility index (Phi) is 6.99. The molecule has 0 aliphatic rings. The molecule has 3 aromatic rings. The quantitative estimate of drug-likeness (QED) is 0.552. The molecule has 1 amide bonds. The van der Waals surface area contributed by atoms with Crippen molar-refractivity contribution in [3.8, 4) is 11.5 Å². The van der Waals surface area contributed by atoms with Crippen molar-refractivity contribution in [3.63, 3.8) is 0 Å². The second-order valence-electron chi connectivity index (χ2n) is 6.87. The normalized spacial score (nSPS) is 11.0. The highest BCUT2D eigenvalue weighted by Gasteiger charge is 2.30. The van der Waals surface area contributed by atoms with Crippen molar-refractivity contribution in [3.05, 3.63) is 78.1 Å². The number of ether oxygens (including phenoxy) is 2. The number of carbonyl (C=O) groups is 1. The molecule has 0 saturated carbocycles. The molecule has 1 N–H and O–H groups in total. The number of hydrogen-bond donors (Lipinski definition) is 1. The maximum Gasteiger partial charge on any atom is 0.264 e. The molecule has 7 nitrogen and oxygen atoms in total. The third-order valence-electron chi connectivity index (χ3n) is 4.74. The molecule has 0 aliphatic heterocycles. The molecule has 0 fully saturated rings. The SMILES string of the molecule is COc1ccc(OC)c(N(CC(=O)Nc2ccc(F)cc2C)S(=O)(=O)c2ccccc2)c1. The minimum atomic E-state index is -4.14. The van der Waals surface area contributed by atoms with Crippen LogP contribution in [0.4, 0.5) is 15.8 Å². The summed E-state index contributed by atoms with van der Waals surface area (Å²) >= 11 is 0. The van der Waals surface area contributed by atoms with Gasteiger partial charge >= 0.3 is 0 Å². The van der Waals surface area contributed by atoms with Gasteiger partial charge in [0.15, 0.2) is 0 Å². The van der Waals surface area contributed by atoms with Gasteiger partial charge in [-0.15, -0.1) is 0 Å². The average Bonchev–Trinajstić information content (AvgIpc) is 2.79. The summed E-state index contributed by atoms with van der Waals surface area (Å²) in [6.45, 7) is 1.10. The Morgan fingerprint density at radius 2 is 1.72 bits per heavy atom.